The van der Waals surface area contributed by atoms with Gasteiger partial charge in [0.1, 0.15) is 12.7 Å². The number of nitrogens with one attached hydrogen (secondary N) is 1. The summed E-state index contributed by atoms with van der Waals surface area (Å²) in [6, 6.07) is 11.3. The Kier molecular flexibility index (Phi) is 4.94. The first-order chi connectivity index (χ1) is 14.1. The van der Waals surface area contributed by atoms with Crippen LogP contribution in [0.4, 0.5) is 0 Å². The van der Waals surface area contributed by atoms with Gasteiger partial charge in [-0.1, -0.05) is 29.3 Å². The zero-order chi connectivity index (χ0) is 20.0. The minimum Gasteiger partial charge on any atom is -0.484 e. The van der Waals surface area contributed by atoms with Gasteiger partial charge in [0.05, 0.1) is 16.1 Å². The van der Waals surface area contributed by atoms with Crippen LogP contribution in [-0.4, -0.2) is 46.8 Å². The van der Waals surface area contributed by atoms with Crippen LogP contribution in [0, 0.1) is 0 Å². The van der Waals surface area contributed by atoms with Gasteiger partial charge in [0.2, 0.25) is 0 Å². The second-order valence-electron chi connectivity index (χ2n) is 7.61. The standard InChI is InChI=1S/C21H21Cl2N3O3/c22-13-4-5-18-17(10-13)24-21(27)26(18)14-6-8-25(9-7-14)11-15-12-28-20-16(23)2-1-3-19(20)29-15/h1-5,10,14-15H,6-9,11-12H2,(H,24,27). The Balaban J connectivity index is 1.24. The van der Waals surface area contributed by atoms with Gasteiger partial charge in [-0.05, 0) is 43.2 Å². The van der Waals surface area contributed by atoms with Crippen LogP contribution in [-0.2, 0) is 0 Å². The molecule has 0 amide bonds. The Morgan fingerprint density at radius 1 is 1.14 bits per heavy atom. The summed E-state index contributed by atoms with van der Waals surface area (Å²) in [6.07, 6.45) is 1.78. The van der Waals surface area contributed by atoms with Gasteiger partial charge in [-0.3, -0.25) is 9.47 Å². The number of imidazole rings is 1. The van der Waals surface area contributed by atoms with Crippen molar-refractivity contribution in [1.82, 2.24) is 14.5 Å². The quantitative estimate of drug-likeness (QED) is 0.674. The summed E-state index contributed by atoms with van der Waals surface area (Å²) in [6.45, 7) is 3.08. The number of benzene rings is 2. The van der Waals surface area contributed by atoms with Crippen molar-refractivity contribution in [3.63, 3.8) is 0 Å². The van der Waals surface area contributed by atoms with Crippen molar-refractivity contribution >= 4 is 34.2 Å². The third kappa shape index (κ3) is 3.61. The Morgan fingerprint density at radius 3 is 2.79 bits per heavy atom. The minimum atomic E-state index is -0.0711. The molecule has 3 heterocycles. The number of H-pyrrole nitrogens is 1. The van der Waals surface area contributed by atoms with Crippen molar-refractivity contribution in [2.75, 3.05) is 26.2 Å². The van der Waals surface area contributed by atoms with Crippen molar-refractivity contribution in [3.8, 4) is 11.5 Å². The average Bonchev–Trinajstić information content (AvgIpc) is 3.03. The van der Waals surface area contributed by atoms with E-state index < -0.39 is 0 Å². The van der Waals surface area contributed by atoms with Gasteiger partial charge in [0.25, 0.3) is 0 Å². The van der Waals surface area contributed by atoms with Crippen LogP contribution in [0.2, 0.25) is 10.0 Å². The second-order valence-corrected chi connectivity index (χ2v) is 8.46. The summed E-state index contributed by atoms with van der Waals surface area (Å²) >= 11 is 12.2. The molecule has 8 heteroatoms. The summed E-state index contributed by atoms with van der Waals surface area (Å²) in [5, 5.41) is 1.20. The molecule has 5 rings (SSSR count). The highest BCUT2D eigenvalue weighted by Gasteiger charge is 2.28. The molecule has 1 saturated heterocycles. The van der Waals surface area contributed by atoms with E-state index in [0.717, 1.165) is 43.5 Å². The first kappa shape index (κ1) is 18.9. The third-order valence-electron chi connectivity index (χ3n) is 5.70. The zero-order valence-electron chi connectivity index (χ0n) is 15.7. The van der Waals surface area contributed by atoms with Crippen molar-refractivity contribution in [2.45, 2.75) is 25.0 Å². The van der Waals surface area contributed by atoms with Gasteiger partial charge in [0, 0.05) is 30.7 Å². The van der Waals surface area contributed by atoms with Gasteiger partial charge in [-0.15, -0.1) is 0 Å². The number of halogens is 2. The lowest BCUT2D eigenvalue weighted by Crippen LogP contribution is -2.45. The van der Waals surface area contributed by atoms with E-state index in [2.05, 4.69) is 9.88 Å². The van der Waals surface area contributed by atoms with Crippen LogP contribution in [0.1, 0.15) is 18.9 Å². The van der Waals surface area contributed by atoms with E-state index in [9.17, 15) is 4.79 Å². The Bertz CT molecular complexity index is 1100. The smallest absolute Gasteiger partial charge is 0.326 e. The number of nitrogens with zero attached hydrogens (tertiary/aromatic N) is 2. The second kappa shape index (κ2) is 7.59. The van der Waals surface area contributed by atoms with Gasteiger partial charge >= 0.3 is 5.69 Å². The van der Waals surface area contributed by atoms with Gasteiger partial charge in [-0.2, -0.15) is 0 Å². The average molecular weight is 434 g/mol. The van der Waals surface area contributed by atoms with E-state index in [1.54, 1.807) is 12.1 Å². The summed E-state index contributed by atoms with van der Waals surface area (Å²) in [7, 11) is 0. The van der Waals surface area contributed by atoms with Crippen LogP contribution in [0.25, 0.3) is 11.0 Å². The maximum atomic E-state index is 12.5. The lowest BCUT2D eigenvalue weighted by atomic mass is 10.0. The fourth-order valence-corrected chi connectivity index (χ4v) is 4.71. The van der Waals surface area contributed by atoms with Crippen molar-refractivity contribution in [2.24, 2.45) is 0 Å². The number of ether oxygens (including phenoxy) is 2. The number of rotatable bonds is 3. The number of hydrogen-bond acceptors (Lipinski definition) is 4. The van der Waals surface area contributed by atoms with Crippen LogP contribution in [0.15, 0.2) is 41.2 Å². The molecule has 0 spiro atoms. The molecule has 1 unspecified atom stereocenters. The molecule has 1 aromatic heterocycles. The zero-order valence-corrected chi connectivity index (χ0v) is 17.2. The molecule has 29 heavy (non-hydrogen) atoms. The number of para-hydroxylation sites is 1. The number of hydrogen-bond donors (Lipinski definition) is 1. The summed E-state index contributed by atoms with van der Waals surface area (Å²) in [5.74, 6) is 1.33. The third-order valence-corrected chi connectivity index (χ3v) is 6.23. The highest BCUT2D eigenvalue weighted by atomic mass is 35.5. The number of aromatic nitrogens is 2. The summed E-state index contributed by atoms with van der Waals surface area (Å²) in [4.78, 5) is 17.8. The largest absolute Gasteiger partial charge is 0.484 e. The fourth-order valence-electron chi connectivity index (χ4n) is 4.32. The highest BCUT2D eigenvalue weighted by molar-refractivity contribution is 6.32. The van der Waals surface area contributed by atoms with Gasteiger partial charge in [-0.25, -0.2) is 4.79 Å². The molecule has 2 aliphatic heterocycles. The number of piperidine rings is 1. The maximum Gasteiger partial charge on any atom is 0.326 e. The van der Waals surface area contributed by atoms with Gasteiger partial charge < -0.3 is 14.5 Å². The Hall–Kier alpha value is -2.15. The van der Waals surface area contributed by atoms with Crippen molar-refractivity contribution in [1.29, 1.82) is 0 Å². The van der Waals surface area contributed by atoms with Crippen LogP contribution in [0.3, 0.4) is 0 Å². The lowest BCUT2D eigenvalue weighted by molar-refractivity contribution is 0.0486. The molecule has 152 valence electrons. The molecule has 0 bridgehead atoms. The Labute approximate surface area is 177 Å². The van der Waals surface area contributed by atoms with Gasteiger partial charge in [0.15, 0.2) is 11.5 Å². The fraction of sp³-hybridized carbons (Fsp3) is 0.381. The van der Waals surface area contributed by atoms with Crippen LogP contribution < -0.4 is 15.2 Å². The number of aromatic amines is 1. The predicted octanol–water partition coefficient (Wildman–Crippen LogP) is 4.11. The maximum absolute atomic E-state index is 12.5. The first-order valence-corrected chi connectivity index (χ1v) is 10.5. The van der Waals surface area contributed by atoms with Crippen LogP contribution in [0.5, 0.6) is 11.5 Å². The number of likely N-dealkylation sites (tertiary alicyclic amines) is 1. The summed E-state index contributed by atoms with van der Waals surface area (Å²) < 4.78 is 13.8. The Morgan fingerprint density at radius 2 is 1.97 bits per heavy atom. The lowest BCUT2D eigenvalue weighted by Gasteiger charge is -2.36. The monoisotopic (exact) mass is 433 g/mol. The van der Waals surface area contributed by atoms with E-state index in [4.69, 9.17) is 32.7 Å². The highest BCUT2D eigenvalue weighted by Crippen LogP contribution is 2.38. The molecule has 1 atom stereocenters. The van der Waals surface area contributed by atoms with Crippen LogP contribution >= 0.6 is 23.2 Å². The van der Waals surface area contributed by atoms with Crippen molar-refractivity contribution in [3.05, 3.63) is 56.9 Å². The van der Waals surface area contributed by atoms with Crippen molar-refractivity contribution < 1.29 is 9.47 Å². The minimum absolute atomic E-state index is 0.0320. The molecule has 0 saturated carbocycles. The molecule has 0 aliphatic carbocycles. The molecular weight excluding hydrogens is 413 g/mol. The summed E-state index contributed by atoms with van der Waals surface area (Å²) in [5.41, 5.74) is 1.63. The van der Waals surface area contributed by atoms with E-state index in [0.29, 0.717) is 28.2 Å². The molecule has 6 nitrogen and oxygen atoms in total. The predicted molar refractivity (Wildman–Crippen MR) is 114 cm³/mol. The molecule has 1 fully saturated rings. The van der Waals surface area contributed by atoms with E-state index >= 15 is 0 Å². The normalized spacial score (nSPS) is 20.3. The molecule has 2 aliphatic rings. The van der Waals surface area contributed by atoms with E-state index in [-0.39, 0.29) is 17.8 Å². The molecule has 2 aromatic carbocycles. The SMILES string of the molecule is O=c1[nH]c2cc(Cl)ccc2n1C1CCN(CC2COc3c(Cl)cccc3O2)CC1. The molecule has 3 aromatic rings. The van der Waals surface area contributed by atoms with E-state index in [1.807, 2.05) is 28.8 Å². The first-order valence-electron chi connectivity index (χ1n) is 9.78. The number of fused-ring (bicyclic) bond motifs is 2. The molecule has 1 N–H and O–H groups in total. The molecule has 0 radical (unpaired) electrons. The topological polar surface area (TPSA) is 59.5 Å². The molecular formula is C21H21Cl2N3O3. The van der Waals surface area contributed by atoms with E-state index in [1.165, 1.54) is 0 Å².